The van der Waals surface area contributed by atoms with Crippen LogP contribution in [0.15, 0.2) is 42.7 Å². The van der Waals surface area contributed by atoms with Crippen molar-refractivity contribution in [2.24, 2.45) is 7.05 Å². The number of nitrogens with zero attached hydrogens (tertiary/aromatic N) is 2. The van der Waals surface area contributed by atoms with Crippen LogP contribution in [0.4, 0.5) is 0 Å². The van der Waals surface area contributed by atoms with Crippen LogP contribution in [0.25, 0.3) is 6.08 Å². The molecule has 0 fully saturated rings. The van der Waals surface area contributed by atoms with Crippen molar-refractivity contribution >= 4 is 23.6 Å². The number of aromatic nitrogens is 2. The average molecular weight is 290 g/mol. The Morgan fingerprint density at radius 1 is 1.45 bits per heavy atom. The first-order valence-corrected chi connectivity index (χ1v) is 6.65. The summed E-state index contributed by atoms with van der Waals surface area (Å²) in [7, 11) is 1.83. The molecule has 1 amide bonds. The van der Waals surface area contributed by atoms with E-state index in [1.165, 1.54) is 6.08 Å². The standard InChI is InChI=1S/C15H16ClN3O/c1-11(13-5-3-4-6-14(13)16)18-15(20)8-7-12-9-17-19(2)10-12/h3-11H,1-2H3,(H,18,20)/b8-7+. The number of aryl methyl sites for hydroxylation is 1. The van der Waals surface area contributed by atoms with Gasteiger partial charge in [-0.25, -0.2) is 0 Å². The number of carbonyl (C=O) groups is 1. The molecule has 0 spiro atoms. The molecule has 1 unspecified atom stereocenters. The van der Waals surface area contributed by atoms with Crippen LogP contribution in [0.2, 0.25) is 5.02 Å². The average Bonchev–Trinajstić information content (AvgIpc) is 2.82. The van der Waals surface area contributed by atoms with Gasteiger partial charge in [0.05, 0.1) is 12.2 Å². The fraction of sp³-hybridized carbons (Fsp3) is 0.200. The smallest absolute Gasteiger partial charge is 0.244 e. The zero-order valence-electron chi connectivity index (χ0n) is 11.4. The van der Waals surface area contributed by atoms with Gasteiger partial charge in [0.1, 0.15) is 0 Å². The number of carbonyl (C=O) groups excluding carboxylic acids is 1. The van der Waals surface area contributed by atoms with Crippen LogP contribution in [-0.2, 0) is 11.8 Å². The summed E-state index contributed by atoms with van der Waals surface area (Å²) in [5, 5.41) is 7.56. The SMILES string of the molecule is CC(NC(=O)/C=C/c1cnn(C)c1)c1ccccc1Cl. The maximum atomic E-state index is 11.8. The number of rotatable bonds is 4. The molecule has 0 radical (unpaired) electrons. The molecule has 2 rings (SSSR count). The second-order valence-corrected chi connectivity index (χ2v) is 4.94. The third-order valence-electron chi connectivity index (χ3n) is 2.88. The molecule has 0 saturated carbocycles. The second kappa shape index (κ2) is 6.39. The van der Waals surface area contributed by atoms with E-state index in [1.807, 2.05) is 44.4 Å². The van der Waals surface area contributed by atoms with E-state index < -0.39 is 0 Å². The number of halogens is 1. The Bertz CT molecular complexity index is 634. The third-order valence-corrected chi connectivity index (χ3v) is 3.23. The minimum atomic E-state index is -0.165. The predicted molar refractivity (Wildman–Crippen MR) is 80.3 cm³/mol. The molecule has 0 aliphatic heterocycles. The van der Waals surface area contributed by atoms with Crippen molar-refractivity contribution in [3.63, 3.8) is 0 Å². The third kappa shape index (κ3) is 3.71. The lowest BCUT2D eigenvalue weighted by Crippen LogP contribution is -2.24. The molecule has 5 heteroatoms. The van der Waals surface area contributed by atoms with Gasteiger partial charge < -0.3 is 5.32 Å². The lowest BCUT2D eigenvalue weighted by Gasteiger charge is -2.14. The molecule has 4 nitrogen and oxygen atoms in total. The molecular formula is C15H16ClN3O. The van der Waals surface area contributed by atoms with Crippen LogP contribution in [0.1, 0.15) is 24.1 Å². The summed E-state index contributed by atoms with van der Waals surface area (Å²) in [5.41, 5.74) is 1.78. The highest BCUT2D eigenvalue weighted by molar-refractivity contribution is 6.31. The predicted octanol–water partition coefficient (Wildman–Crippen LogP) is 2.96. The number of hydrogen-bond donors (Lipinski definition) is 1. The summed E-state index contributed by atoms with van der Waals surface area (Å²) in [6.07, 6.45) is 6.74. The van der Waals surface area contributed by atoms with Gasteiger partial charge in [0.25, 0.3) is 0 Å². The summed E-state index contributed by atoms with van der Waals surface area (Å²) in [6, 6.07) is 7.33. The molecule has 1 aromatic carbocycles. The van der Waals surface area contributed by atoms with Crippen LogP contribution in [0, 0.1) is 0 Å². The molecule has 1 atom stereocenters. The van der Waals surface area contributed by atoms with E-state index in [1.54, 1.807) is 17.0 Å². The first kappa shape index (κ1) is 14.3. The molecule has 20 heavy (non-hydrogen) atoms. The molecule has 0 saturated heterocycles. The number of amides is 1. The van der Waals surface area contributed by atoms with E-state index in [9.17, 15) is 4.79 Å². The summed E-state index contributed by atoms with van der Waals surface area (Å²) in [6.45, 7) is 1.90. The van der Waals surface area contributed by atoms with E-state index in [0.29, 0.717) is 5.02 Å². The van der Waals surface area contributed by atoms with Crippen LogP contribution in [0.3, 0.4) is 0 Å². The maximum Gasteiger partial charge on any atom is 0.244 e. The molecular weight excluding hydrogens is 274 g/mol. The molecule has 2 aromatic rings. The fourth-order valence-electron chi connectivity index (χ4n) is 1.86. The van der Waals surface area contributed by atoms with Gasteiger partial charge in [-0.1, -0.05) is 29.8 Å². The highest BCUT2D eigenvalue weighted by Crippen LogP contribution is 2.21. The van der Waals surface area contributed by atoms with Gasteiger partial charge in [0.15, 0.2) is 0 Å². The van der Waals surface area contributed by atoms with Gasteiger partial charge >= 0.3 is 0 Å². The second-order valence-electron chi connectivity index (χ2n) is 4.53. The molecule has 1 heterocycles. The molecule has 104 valence electrons. The largest absolute Gasteiger partial charge is 0.346 e. The number of benzene rings is 1. The Kier molecular flexibility index (Phi) is 4.58. The van der Waals surface area contributed by atoms with E-state index in [4.69, 9.17) is 11.6 Å². The Labute approximate surface area is 123 Å². The van der Waals surface area contributed by atoms with Gasteiger partial charge in [0.2, 0.25) is 5.91 Å². The van der Waals surface area contributed by atoms with Gasteiger partial charge in [-0.15, -0.1) is 0 Å². The monoisotopic (exact) mass is 289 g/mol. The molecule has 1 N–H and O–H groups in total. The maximum absolute atomic E-state index is 11.8. The van der Waals surface area contributed by atoms with Crippen molar-refractivity contribution < 1.29 is 4.79 Å². The Hall–Kier alpha value is -2.07. The lowest BCUT2D eigenvalue weighted by atomic mass is 10.1. The molecule has 0 aliphatic rings. The number of nitrogens with one attached hydrogen (secondary N) is 1. The Morgan fingerprint density at radius 3 is 2.85 bits per heavy atom. The normalized spacial score (nSPS) is 12.6. The van der Waals surface area contributed by atoms with Crippen molar-refractivity contribution in [3.8, 4) is 0 Å². The van der Waals surface area contributed by atoms with Crippen molar-refractivity contribution in [1.82, 2.24) is 15.1 Å². The van der Waals surface area contributed by atoms with E-state index in [2.05, 4.69) is 10.4 Å². The first-order chi connectivity index (χ1) is 9.56. The van der Waals surface area contributed by atoms with Gasteiger partial charge in [-0.2, -0.15) is 5.10 Å². The highest BCUT2D eigenvalue weighted by Gasteiger charge is 2.10. The Balaban J connectivity index is 1.98. The summed E-state index contributed by atoms with van der Waals surface area (Å²) < 4.78 is 1.68. The minimum Gasteiger partial charge on any atom is -0.346 e. The topological polar surface area (TPSA) is 46.9 Å². The fourth-order valence-corrected chi connectivity index (χ4v) is 2.16. The Morgan fingerprint density at radius 2 is 2.20 bits per heavy atom. The molecule has 1 aromatic heterocycles. The van der Waals surface area contributed by atoms with Crippen molar-refractivity contribution in [3.05, 3.63) is 58.9 Å². The van der Waals surface area contributed by atoms with Crippen LogP contribution in [-0.4, -0.2) is 15.7 Å². The quantitative estimate of drug-likeness (QED) is 0.880. The molecule has 0 aliphatic carbocycles. The van der Waals surface area contributed by atoms with Crippen molar-refractivity contribution in [1.29, 1.82) is 0 Å². The van der Waals surface area contributed by atoms with Crippen LogP contribution in [0.5, 0.6) is 0 Å². The van der Waals surface area contributed by atoms with Crippen LogP contribution >= 0.6 is 11.6 Å². The first-order valence-electron chi connectivity index (χ1n) is 6.28. The van der Waals surface area contributed by atoms with E-state index >= 15 is 0 Å². The number of hydrogen-bond acceptors (Lipinski definition) is 2. The summed E-state index contributed by atoms with van der Waals surface area (Å²) in [5.74, 6) is -0.165. The molecule has 0 bridgehead atoms. The van der Waals surface area contributed by atoms with Crippen molar-refractivity contribution in [2.45, 2.75) is 13.0 Å². The van der Waals surface area contributed by atoms with Gasteiger partial charge in [0, 0.05) is 29.9 Å². The lowest BCUT2D eigenvalue weighted by molar-refractivity contribution is -0.117. The minimum absolute atomic E-state index is 0.144. The van der Waals surface area contributed by atoms with E-state index in [0.717, 1.165) is 11.1 Å². The summed E-state index contributed by atoms with van der Waals surface area (Å²) in [4.78, 5) is 11.8. The van der Waals surface area contributed by atoms with Crippen LogP contribution < -0.4 is 5.32 Å². The zero-order chi connectivity index (χ0) is 14.5. The zero-order valence-corrected chi connectivity index (χ0v) is 12.1. The van der Waals surface area contributed by atoms with E-state index in [-0.39, 0.29) is 11.9 Å². The van der Waals surface area contributed by atoms with Gasteiger partial charge in [-0.05, 0) is 24.6 Å². The van der Waals surface area contributed by atoms with Gasteiger partial charge in [-0.3, -0.25) is 9.48 Å². The summed E-state index contributed by atoms with van der Waals surface area (Å²) >= 11 is 6.10. The highest BCUT2D eigenvalue weighted by atomic mass is 35.5. The van der Waals surface area contributed by atoms with Crippen molar-refractivity contribution in [2.75, 3.05) is 0 Å².